The Labute approximate surface area is 169 Å². The van der Waals surface area contributed by atoms with Crippen LogP contribution in [0, 0.1) is 0 Å². The van der Waals surface area contributed by atoms with Crippen molar-refractivity contribution in [1.82, 2.24) is 15.5 Å². The zero-order valence-electron chi connectivity index (χ0n) is 16.9. The van der Waals surface area contributed by atoms with Crippen LogP contribution in [0.25, 0.3) is 11.5 Å². The molecule has 0 saturated carbocycles. The van der Waals surface area contributed by atoms with Gasteiger partial charge in [0.15, 0.2) is 5.82 Å². The molecular weight excluding hydrogens is 372 g/mol. The van der Waals surface area contributed by atoms with Gasteiger partial charge in [0.1, 0.15) is 11.5 Å². The summed E-state index contributed by atoms with van der Waals surface area (Å²) in [6.45, 7) is 4.30. The van der Waals surface area contributed by atoms with Gasteiger partial charge in [0, 0.05) is 29.3 Å². The first-order valence-corrected chi connectivity index (χ1v) is 9.20. The molecule has 0 aliphatic rings. The molecule has 0 radical (unpaired) electrons. The smallest absolute Gasteiger partial charge is 0.319 e. The number of amides is 2. The van der Waals surface area contributed by atoms with Gasteiger partial charge in [0.05, 0.1) is 14.2 Å². The van der Waals surface area contributed by atoms with Crippen LogP contribution in [0.5, 0.6) is 11.5 Å². The Balaban J connectivity index is 1.59. The van der Waals surface area contributed by atoms with Gasteiger partial charge in [-0.15, -0.1) is 0 Å². The van der Waals surface area contributed by atoms with E-state index in [1.165, 1.54) is 0 Å². The summed E-state index contributed by atoms with van der Waals surface area (Å²) < 4.78 is 15.8. The Bertz CT molecular complexity index is 967. The Hall–Kier alpha value is -3.55. The second-order valence-corrected chi connectivity index (χ2v) is 6.68. The number of hydrogen-bond donors (Lipinski definition) is 2. The number of rotatable bonds is 7. The average molecular weight is 396 g/mol. The fourth-order valence-electron chi connectivity index (χ4n) is 2.65. The monoisotopic (exact) mass is 396 g/mol. The molecule has 3 aromatic rings. The van der Waals surface area contributed by atoms with Gasteiger partial charge in [0.2, 0.25) is 0 Å². The number of nitrogens with zero attached hydrogens (tertiary/aromatic N) is 2. The Morgan fingerprint density at radius 1 is 1.10 bits per heavy atom. The summed E-state index contributed by atoms with van der Waals surface area (Å²) in [5.41, 5.74) is 2.25. The molecule has 0 spiro atoms. The SMILES string of the molecule is COc1ccc(OC)c(CNC(=O)Nc2ccc(-c3nc(C(C)C)no3)cc2)c1. The van der Waals surface area contributed by atoms with E-state index in [1.54, 1.807) is 38.5 Å². The number of hydrogen-bond acceptors (Lipinski definition) is 6. The fourth-order valence-corrected chi connectivity index (χ4v) is 2.65. The van der Waals surface area contributed by atoms with Gasteiger partial charge in [-0.05, 0) is 42.5 Å². The molecule has 0 fully saturated rings. The number of carbonyl (C=O) groups excluding carboxylic acids is 1. The zero-order chi connectivity index (χ0) is 20.8. The highest BCUT2D eigenvalue weighted by atomic mass is 16.5. The van der Waals surface area contributed by atoms with Gasteiger partial charge in [-0.1, -0.05) is 19.0 Å². The van der Waals surface area contributed by atoms with Gasteiger partial charge in [0.25, 0.3) is 5.89 Å². The van der Waals surface area contributed by atoms with E-state index in [0.717, 1.165) is 11.1 Å². The minimum absolute atomic E-state index is 0.195. The van der Waals surface area contributed by atoms with Crippen molar-refractivity contribution in [2.45, 2.75) is 26.3 Å². The molecule has 29 heavy (non-hydrogen) atoms. The summed E-state index contributed by atoms with van der Waals surface area (Å²) in [6.07, 6.45) is 0. The molecule has 1 aromatic heterocycles. The number of urea groups is 1. The number of anilines is 1. The molecule has 2 amide bonds. The average Bonchev–Trinajstić information content (AvgIpc) is 3.23. The molecule has 0 atom stereocenters. The number of aromatic nitrogens is 2. The van der Waals surface area contributed by atoms with Crippen LogP contribution in [0.3, 0.4) is 0 Å². The summed E-state index contributed by atoms with van der Waals surface area (Å²) in [4.78, 5) is 16.6. The van der Waals surface area contributed by atoms with Gasteiger partial charge < -0.3 is 24.6 Å². The Morgan fingerprint density at radius 2 is 1.86 bits per heavy atom. The lowest BCUT2D eigenvalue weighted by Gasteiger charge is -2.12. The number of benzene rings is 2. The van der Waals surface area contributed by atoms with Gasteiger partial charge in [-0.2, -0.15) is 4.98 Å². The molecule has 3 rings (SSSR count). The van der Waals surface area contributed by atoms with E-state index in [2.05, 4.69) is 20.8 Å². The van der Waals surface area contributed by atoms with E-state index in [4.69, 9.17) is 14.0 Å². The number of nitrogens with one attached hydrogen (secondary N) is 2. The first-order valence-electron chi connectivity index (χ1n) is 9.20. The molecule has 0 saturated heterocycles. The second kappa shape index (κ2) is 9.09. The molecule has 0 bridgehead atoms. The first-order chi connectivity index (χ1) is 14.0. The van der Waals surface area contributed by atoms with Crippen LogP contribution in [-0.4, -0.2) is 30.4 Å². The minimum atomic E-state index is -0.331. The summed E-state index contributed by atoms with van der Waals surface area (Å²) in [5.74, 6) is 2.68. The highest BCUT2D eigenvalue weighted by Gasteiger charge is 2.12. The van der Waals surface area contributed by atoms with Gasteiger partial charge in [-0.3, -0.25) is 0 Å². The third kappa shape index (κ3) is 5.04. The molecular formula is C21H24N4O4. The maximum absolute atomic E-state index is 12.2. The van der Waals surface area contributed by atoms with E-state index < -0.39 is 0 Å². The van der Waals surface area contributed by atoms with Crippen molar-refractivity contribution in [1.29, 1.82) is 0 Å². The van der Waals surface area contributed by atoms with Gasteiger partial charge in [-0.25, -0.2) is 4.79 Å². The topological polar surface area (TPSA) is 98.5 Å². The third-order valence-corrected chi connectivity index (χ3v) is 4.27. The first kappa shape index (κ1) is 20.2. The van der Waals surface area contributed by atoms with Crippen molar-refractivity contribution in [2.24, 2.45) is 0 Å². The summed E-state index contributed by atoms with van der Waals surface area (Å²) >= 11 is 0. The van der Waals surface area contributed by atoms with Crippen LogP contribution >= 0.6 is 0 Å². The summed E-state index contributed by atoms with van der Waals surface area (Å²) in [6, 6.07) is 12.3. The third-order valence-electron chi connectivity index (χ3n) is 4.27. The van der Waals surface area contributed by atoms with Crippen LogP contribution in [0.1, 0.15) is 31.2 Å². The Morgan fingerprint density at radius 3 is 2.48 bits per heavy atom. The lowest BCUT2D eigenvalue weighted by atomic mass is 10.2. The quantitative estimate of drug-likeness (QED) is 0.621. The molecule has 8 heteroatoms. The van der Waals surface area contributed by atoms with Crippen LogP contribution < -0.4 is 20.1 Å². The number of ether oxygens (including phenoxy) is 2. The number of methoxy groups -OCH3 is 2. The van der Waals surface area contributed by atoms with Gasteiger partial charge >= 0.3 is 6.03 Å². The van der Waals surface area contributed by atoms with Crippen molar-refractivity contribution in [3.05, 3.63) is 53.9 Å². The highest BCUT2D eigenvalue weighted by Crippen LogP contribution is 2.24. The van der Waals surface area contributed by atoms with E-state index in [9.17, 15) is 4.79 Å². The fraction of sp³-hybridized carbons (Fsp3) is 0.286. The summed E-state index contributed by atoms with van der Waals surface area (Å²) in [5, 5.41) is 9.56. The van der Waals surface area contributed by atoms with Crippen molar-refractivity contribution in [3.63, 3.8) is 0 Å². The highest BCUT2D eigenvalue weighted by molar-refractivity contribution is 5.89. The van der Waals surface area contributed by atoms with Crippen molar-refractivity contribution >= 4 is 11.7 Å². The molecule has 152 valence electrons. The van der Waals surface area contributed by atoms with Crippen molar-refractivity contribution in [2.75, 3.05) is 19.5 Å². The van der Waals surface area contributed by atoms with E-state index in [1.807, 2.05) is 32.0 Å². The lowest BCUT2D eigenvalue weighted by molar-refractivity contribution is 0.251. The van der Waals surface area contributed by atoms with Crippen LogP contribution in [0.15, 0.2) is 47.0 Å². The molecule has 0 aliphatic heterocycles. The molecule has 2 aromatic carbocycles. The maximum Gasteiger partial charge on any atom is 0.319 e. The minimum Gasteiger partial charge on any atom is -0.497 e. The normalized spacial score (nSPS) is 10.7. The molecule has 8 nitrogen and oxygen atoms in total. The van der Waals surface area contributed by atoms with Crippen LogP contribution in [0.4, 0.5) is 10.5 Å². The molecule has 0 aliphatic carbocycles. The predicted octanol–water partition coefficient (Wildman–Crippen LogP) is 4.20. The standard InChI is InChI=1S/C21H24N4O4/c1-13(2)19-24-20(29-25-19)14-5-7-16(8-6-14)23-21(26)22-12-15-11-17(27-3)9-10-18(15)28-4/h5-11,13H,12H2,1-4H3,(H2,22,23,26). The van der Waals surface area contributed by atoms with E-state index in [-0.39, 0.29) is 11.9 Å². The largest absolute Gasteiger partial charge is 0.497 e. The lowest BCUT2D eigenvalue weighted by Crippen LogP contribution is -2.28. The molecule has 1 heterocycles. The van der Waals surface area contributed by atoms with Crippen molar-refractivity contribution < 1.29 is 18.8 Å². The van der Waals surface area contributed by atoms with Crippen LogP contribution in [-0.2, 0) is 6.54 Å². The number of carbonyl (C=O) groups is 1. The molecule has 2 N–H and O–H groups in total. The molecule has 0 unspecified atom stereocenters. The second-order valence-electron chi connectivity index (χ2n) is 6.68. The van der Waals surface area contributed by atoms with E-state index >= 15 is 0 Å². The summed E-state index contributed by atoms with van der Waals surface area (Å²) in [7, 11) is 3.17. The van der Waals surface area contributed by atoms with E-state index in [0.29, 0.717) is 35.4 Å². The zero-order valence-corrected chi connectivity index (χ0v) is 16.9. The van der Waals surface area contributed by atoms with Crippen LogP contribution in [0.2, 0.25) is 0 Å². The van der Waals surface area contributed by atoms with Crippen molar-refractivity contribution in [3.8, 4) is 23.0 Å². The maximum atomic E-state index is 12.2. The predicted molar refractivity (Wildman–Crippen MR) is 109 cm³/mol. The Kier molecular flexibility index (Phi) is 6.33.